The van der Waals surface area contributed by atoms with Gasteiger partial charge in [-0.15, -0.1) is 0 Å². The first-order valence-corrected chi connectivity index (χ1v) is 6.70. The molecule has 3 N–H and O–H groups in total. The van der Waals surface area contributed by atoms with Crippen LogP contribution in [0.15, 0.2) is 30.3 Å². The molecule has 0 saturated carbocycles. The second-order valence-corrected chi connectivity index (χ2v) is 5.32. The van der Waals surface area contributed by atoms with Crippen LogP contribution < -0.4 is 5.73 Å². The van der Waals surface area contributed by atoms with E-state index in [0.717, 1.165) is 12.8 Å². The van der Waals surface area contributed by atoms with Gasteiger partial charge in [-0.25, -0.2) is 0 Å². The van der Waals surface area contributed by atoms with E-state index in [1.54, 1.807) is 0 Å². The predicted molar refractivity (Wildman–Crippen MR) is 72.4 cm³/mol. The van der Waals surface area contributed by atoms with E-state index in [-0.39, 0.29) is 11.3 Å². The summed E-state index contributed by atoms with van der Waals surface area (Å²) in [5.74, 6) is 0.104. The Hall–Kier alpha value is -0.900. The molecular weight excluding hydrogens is 226 g/mol. The van der Waals surface area contributed by atoms with Gasteiger partial charge < -0.3 is 15.6 Å². The number of aliphatic hydroxyl groups is 1. The number of hydrogen-bond acceptors (Lipinski definition) is 3. The lowest BCUT2D eigenvalue weighted by molar-refractivity contribution is -0.0648. The summed E-state index contributed by atoms with van der Waals surface area (Å²) in [7, 11) is 0. The highest BCUT2D eigenvalue weighted by molar-refractivity contribution is 5.21. The third-order valence-electron chi connectivity index (χ3n) is 4.32. The summed E-state index contributed by atoms with van der Waals surface area (Å²) >= 11 is 0. The van der Waals surface area contributed by atoms with Crippen LogP contribution in [0.25, 0.3) is 0 Å². The average molecular weight is 249 g/mol. The van der Waals surface area contributed by atoms with Crippen molar-refractivity contribution in [2.24, 2.45) is 11.1 Å². The molecule has 2 atom stereocenters. The smallest absolute Gasteiger partial charge is 0.0675 e. The van der Waals surface area contributed by atoms with Crippen molar-refractivity contribution in [1.29, 1.82) is 0 Å². The number of ether oxygens (including phenoxy) is 1. The third kappa shape index (κ3) is 2.58. The Morgan fingerprint density at radius 2 is 1.89 bits per heavy atom. The van der Waals surface area contributed by atoms with Crippen LogP contribution in [-0.4, -0.2) is 31.0 Å². The quantitative estimate of drug-likeness (QED) is 0.857. The number of rotatable bonds is 4. The molecule has 1 aliphatic rings. The maximum Gasteiger partial charge on any atom is 0.0675 e. The Kier molecular flexibility index (Phi) is 4.38. The summed E-state index contributed by atoms with van der Waals surface area (Å²) in [6.45, 7) is 4.01. The molecule has 1 aromatic rings. The van der Waals surface area contributed by atoms with E-state index in [2.05, 4.69) is 19.1 Å². The van der Waals surface area contributed by atoms with Gasteiger partial charge >= 0.3 is 0 Å². The molecule has 2 rings (SSSR count). The van der Waals surface area contributed by atoms with Gasteiger partial charge in [0.25, 0.3) is 0 Å². The fourth-order valence-corrected chi connectivity index (χ4v) is 2.87. The molecule has 0 aliphatic carbocycles. The van der Waals surface area contributed by atoms with Crippen molar-refractivity contribution in [3.63, 3.8) is 0 Å². The second kappa shape index (κ2) is 5.83. The van der Waals surface area contributed by atoms with Crippen molar-refractivity contribution >= 4 is 0 Å². The lowest BCUT2D eigenvalue weighted by Crippen LogP contribution is -2.48. The summed E-state index contributed by atoms with van der Waals surface area (Å²) in [5.41, 5.74) is 6.92. The minimum atomic E-state index is -0.409. The SMILES string of the molecule is CC(c1ccccc1)C(O)C1(CN)CCOCC1. The Balaban J connectivity index is 2.16. The van der Waals surface area contributed by atoms with Gasteiger partial charge in [0.1, 0.15) is 0 Å². The van der Waals surface area contributed by atoms with Gasteiger partial charge in [0, 0.05) is 31.1 Å². The van der Waals surface area contributed by atoms with Gasteiger partial charge in [-0.1, -0.05) is 37.3 Å². The van der Waals surface area contributed by atoms with Crippen LogP contribution in [0, 0.1) is 5.41 Å². The molecule has 3 heteroatoms. The van der Waals surface area contributed by atoms with Crippen LogP contribution in [0.2, 0.25) is 0 Å². The maximum atomic E-state index is 10.7. The van der Waals surface area contributed by atoms with E-state index in [1.165, 1.54) is 5.56 Å². The normalized spacial score (nSPS) is 22.4. The van der Waals surface area contributed by atoms with E-state index in [4.69, 9.17) is 10.5 Å². The number of hydrogen-bond donors (Lipinski definition) is 2. The number of nitrogens with two attached hydrogens (primary N) is 1. The average Bonchev–Trinajstić information content (AvgIpc) is 2.47. The van der Waals surface area contributed by atoms with Crippen LogP contribution in [0.3, 0.4) is 0 Å². The zero-order chi connectivity index (χ0) is 13.0. The summed E-state index contributed by atoms with van der Waals surface area (Å²) in [5, 5.41) is 10.7. The molecule has 100 valence electrons. The second-order valence-electron chi connectivity index (χ2n) is 5.32. The summed E-state index contributed by atoms with van der Waals surface area (Å²) in [6.07, 6.45) is 1.29. The highest BCUT2D eigenvalue weighted by Crippen LogP contribution is 2.39. The van der Waals surface area contributed by atoms with Crippen molar-refractivity contribution < 1.29 is 9.84 Å². The van der Waals surface area contributed by atoms with Crippen LogP contribution >= 0.6 is 0 Å². The summed E-state index contributed by atoms with van der Waals surface area (Å²) in [6, 6.07) is 10.2. The molecule has 0 amide bonds. The summed E-state index contributed by atoms with van der Waals surface area (Å²) < 4.78 is 5.40. The van der Waals surface area contributed by atoms with Crippen molar-refractivity contribution in [3.05, 3.63) is 35.9 Å². The lowest BCUT2D eigenvalue weighted by atomic mass is 9.70. The number of aliphatic hydroxyl groups excluding tert-OH is 1. The van der Waals surface area contributed by atoms with E-state index < -0.39 is 6.10 Å². The molecule has 0 aromatic heterocycles. The molecule has 0 spiro atoms. The largest absolute Gasteiger partial charge is 0.392 e. The molecular formula is C15H23NO2. The van der Waals surface area contributed by atoms with Crippen molar-refractivity contribution in [2.75, 3.05) is 19.8 Å². The maximum absolute atomic E-state index is 10.7. The van der Waals surface area contributed by atoms with Gasteiger partial charge in [0.05, 0.1) is 6.10 Å². The standard InChI is InChI=1S/C15H23NO2/c1-12(13-5-3-2-4-6-13)14(17)15(11-16)7-9-18-10-8-15/h2-6,12,14,17H,7-11,16H2,1H3. The van der Waals surface area contributed by atoms with E-state index in [1.807, 2.05) is 18.2 Å². The first-order valence-electron chi connectivity index (χ1n) is 6.70. The molecule has 1 aromatic carbocycles. The molecule has 1 heterocycles. The molecule has 1 fully saturated rings. The van der Waals surface area contributed by atoms with E-state index in [0.29, 0.717) is 19.8 Å². The minimum Gasteiger partial charge on any atom is -0.392 e. The fourth-order valence-electron chi connectivity index (χ4n) is 2.87. The van der Waals surface area contributed by atoms with Crippen molar-refractivity contribution in [2.45, 2.75) is 31.8 Å². The zero-order valence-corrected chi connectivity index (χ0v) is 11.0. The molecule has 1 saturated heterocycles. The molecule has 1 aliphatic heterocycles. The summed E-state index contributed by atoms with van der Waals surface area (Å²) in [4.78, 5) is 0. The van der Waals surface area contributed by atoms with Crippen LogP contribution in [-0.2, 0) is 4.74 Å². The first-order chi connectivity index (χ1) is 8.69. The van der Waals surface area contributed by atoms with Crippen molar-refractivity contribution in [3.8, 4) is 0 Å². The zero-order valence-electron chi connectivity index (χ0n) is 11.0. The Morgan fingerprint density at radius 3 is 2.44 bits per heavy atom. The van der Waals surface area contributed by atoms with E-state index >= 15 is 0 Å². The van der Waals surface area contributed by atoms with E-state index in [9.17, 15) is 5.11 Å². The molecule has 3 nitrogen and oxygen atoms in total. The van der Waals surface area contributed by atoms with Gasteiger partial charge in [-0.05, 0) is 18.4 Å². The molecule has 0 radical (unpaired) electrons. The fraction of sp³-hybridized carbons (Fsp3) is 0.600. The van der Waals surface area contributed by atoms with Gasteiger partial charge in [0.15, 0.2) is 0 Å². The highest BCUT2D eigenvalue weighted by Gasteiger charge is 2.41. The molecule has 2 unspecified atom stereocenters. The monoisotopic (exact) mass is 249 g/mol. The topological polar surface area (TPSA) is 55.5 Å². The van der Waals surface area contributed by atoms with Gasteiger partial charge in [-0.2, -0.15) is 0 Å². The first kappa shape index (κ1) is 13.5. The Labute approximate surface area is 109 Å². The minimum absolute atomic E-state index is 0.104. The van der Waals surface area contributed by atoms with Crippen molar-refractivity contribution in [1.82, 2.24) is 0 Å². The molecule has 18 heavy (non-hydrogen) atoms. The number of benzene rings is 1. The lowest BCUT2D eigenvalue weighted by Gasteiger charge is -2.42. The van der Waals surface area contributed by atoms with Crippen LogP contribution in [0.1, 0.15) is 31.2 Å². The van der Waals surface area contributed by atoms with Crippen LogP contribution in [0.5, 0.6) is 0 Å². The Morgan fingerprint density at radius 1 is 1.28 bits per heavy atom. The third-order valence-corrected chi connectivity index (χ3v) is 4.32. The molecule has 0 bridgehead atoms. The highest BCUT2D eigenvalue weighted by atomic mass is 16.5. The predicted octanol–water partition coefficient (Wildman–Crippen LogP) is 1.91. The van der Waals surface area contributed by atoms with Gasteiger partial charge in [-0.3, -0.25) is 0 Å². The van der Waals surface area contributed by atoms with Gasteiger partial charge in [0.2, 0.25) is 0 Å². The Bertz CT molecular complexity index is 360. The van der Waals surface area contributed by atoms with Crippen LogP contribution in [0.4, 0.5) is 0 Å².